The molecule has 1 aromatic carbocycles. The van der Waals surface area contributed by atoms with Crippen molar-refractivity contribution >= 4 is 11.9 Å². The number of benzene rings is 1. The summed E-state index contributed by atoms with van der Waals surface area (Å²) in [6.45, 7) is 5.09. The first kappa shape index (κ1) is 18.3. The molecule has 0 atom stereocenters. The lowest BCUT2D eigenvalue weighted by Crippen LogP contribution is -2.50. The first-order valence-corrected chi connectivity index (χ1v) is 8.60. The van der Waals surface area contributed by atoms with E-state index in [-0.39, 0.29) is 5.91 Å². The van der Waals surface area contributed by atoms with Crippen molar-refractivity contribution in [2.24, 2.45) is 10.7 Å². The van der Waals surface area contributed by atoms with Crippen LogP contribution in [0, 0.1) is 6.92 Å². The van der Waals surface area contributed by atoms with Gasteiger partial charge in [-0.05, 0) is 31.7 Å². The van der Waals surface area contributed by atoms with Crippen molar-refractivity contribution in [3.63, 3.8) is 0 Å². The Morgan fingerprint density at radius 3 is 2.54 bits per heavy atom. The Labute approximate surface area is 144 Å². The van der Waals surface area contributed by atoms with Crippen LogP contribution in [0.5, 0.6) is 0 Å². The highest BCUT2D eigenvalue weighted by Crippen LogP contribution is 2.09. The van der Waals surface area contributed by atoms with Crippen molar-refractivity contribution in [2.45, 2.75) is 32.2 Å². The van der Waals surface area contributed by atoms with E-state index in [1.807, 2.05) is 0 Å². The summed E-state index contributed by atoms with van der Waals surface area (Å²) in [5, 5.41) is 6.85. The van der Waals surface area contributed by atoms with E-state index in [9.17, 15) is 4.79 Å². The first-order chi connectivity index (χ1) is 11.6. The van der Waals surface area contributed by atoms with Crippen LogP contribution in [0.3, 0.4) is 0 Å². The van der Waals surface area contributed by atoms with Crippen LogP contribution >= 0.6 is 0 Å². The number of nitrogens with one attached hydrogen (secondary N) is 2. The number of rotatable bonds is 6. The van der Waals surface area contributed by atoms with E-state index in [1.54, 1.807) is 7.05 Å². The fourth-order valence-electron chi connectivity index (χ4n) is 2.92. The van der Waals surface area contributed by atoms with Gasteiger partial charge in [0.05, 0.1) is 6.54 Å². The highest BCUT2D eigenvalue weighted by atomic mass is 16.1. The minimum absolute atomic E-state index is 0.255. The molecule has 132 valence electrons. The van der Waals surface area contributed by atoms with E-state index < -0.39 is 0 Å². The summed E-state index contributed by atoms with van der Waals surface area (Å²) >= 11 is 0. The van der Waals surface area contributed by atoms with Gasteiger partial charge in [-0.1, -0.05) is 29.8 Å². The second kappa shape index (κ2) is 9.27. The number of carbonyl (C=O) groups is 1. The molecular formula is C18H29N5O. The normalized spacial score (nSPS) is 16.8. The topological polar surface area (TPSA) is 82.8 Å². The average Bonchev–Trinajstić information content (AvgIpc) is 2.57. The summed E-state index contributed by atoms with van der Waals surface area (Å²) in [6.07, 6.45) is 2.95. The zero-order valence-corrected chi connectivity index (χ0v) is 14.7. The Bertz CT molecular complexity index is 547. The third kappa shape index (κ3) is 6.20. The smallest absolute Gasteiger partial charge is 0.231 e. The first-order valence-electron chi connectivity index (χ1n) is 8.60. The van der Waals surface area contributed by atoms with Crippen LogP contribution in [0.1, 0.15) is 24.0 Å². The fourth-order valence-corrected chi connectivity index (χ4v) is 2.92. The zero-order valence-electron chi connectivity index (χ0n) is 14.7. The maximum Gasteiger partial charge on any atom is 0.231 e. The van der Waals surface area contributed by atoms with Crippen LogP contribution in [0.25, 0.3) is 0 Å². The SMILES string of the molecule is CN=C(NCCc1ccc(C)cc1)NC1CCN(CC(N)=O)CC1. The van der Waals surface area contributed by atoms with E-state index in [2.05, 4.69) is 51.7 Å². The lowest BCUT2D eigenvalue weighted by Gasteiger charge is -2.32. The van der Waals surface area contributed by atoms with Gasteiger partial charge in [-0.25, -0.2) is 0 Å². The number of likely N-dealkylation sites (tertiary alicyclic amines) is 1. The van der Waals surface area contributed by atoms with Gasteiger partial charge in [-0.3, -0.25) is 14.7 Å². The molecule has 0 spiro atoms. The molecule has 0 saturated carbocycles. The fraction of sp³-hybridized carbons (Fsp3) is 0.556. The summed E-state index contributed by atoms with van der Waals surface area (Å²) in [5.41, 5.74) is 7.85. The number of hydrogen-bond acceptors (Lipinski definition) is 3. The van der Waals surface area contributed by atoms with Crippen LogP contribution in [0.4, 0.5) is 0 Å². The number of primary amides is 1. The van der Waals surface area contributed by atoms with E-state index in [4.69, 9.17) is 5.73 Å². The Hall–Kier alpha value is -2.08. The number of piperidine rings is 1. The maximum absolute atomic E-state index is 11.0. The lowest BCUT2D eigenvalue weighted by atomic mass is 10.1. The molecule has 4 N–H and O–H groups in total. The minimum Gasteiger partial charge on any atom is -0.369 e. The zero-order chi connectivity index (χ0) is 17.4. The molecule has 1 fully saturated rings. The van der Waals surface area contributed by atoms with Gasteiger partial charge in [0.2, 0.25) is 5.91 Å². The molecule has 0 bridgehead atoms. The van der Waals surface area contributed by atoms with Crippen molar-refractivity contribution < 1.29 is 4.79 Å². The highest BCUT2D eigenvalue weighted by molar-refractivity contribution is 5.80. The molecule has 0 aliphatic carbocycles. The van der Waals surface area contributed by atoms with E-state index in [0.29, 0.717) is 12.6 Å². The Morgan fingerprint density at radius 2 is 1.96 bits per heavy atom. The van der Waals surface area contributed by atoms with Crippen LogP contribution in [-0.4, -0.2) is 56.0 Å². The van der Waals surface area contributed by atoms with E-state index >= 15 is 0 Å². The van der Waals surface area contributed by atoms with E-state index in [0.717, 1.165) is 44.9 Å². The molecule has 0 unspecified atom stereocenters. The predicted octanol–water partition coefficient (Wildman–Crippen LogP) is 0.652. The summed E-state index contributed by atoms with van der Waals surface area (Å²) in [7, 11) is 1.80. The number of carbonyl (C=O) groups excluding carboxylic acids is 1. The number of nitrogens with zero attached hydrogens (tertiary/aromatic N) is 2. The lowest BCUT2D eigenvalue weighted by molar-refractivity contribution is -0.119. The molecule has 24 heavy (non-hydrogen) atoms. The second-order valence-corrected chi connectivity index (χ2v) is 6.40. The van der Waals surface area contributed by atoms with Gasteiger partial charge >= 0.3 is 0 Å². The van der Waals surface area contributed by atoms with Crippen LogP contribution in [0.2, 0.25) is 0 Å². The van der Waals surface area contributed by atoms with Crippen molar-refractivity contribution in [1.82, 2.24) is 15.5 Å². The number of aliphatic imine (C=N–C) groups is 1. The van der Waals surface area contributed by atoms with Crippen LogP contribution < -0.4 is 16.4 Å². The van der Waals surface area contributed by atoms with Gasteiger partial charge in [0.15, 0.2) is 5.96 Å². The molecule has 6 nitrogen and oxygen atoms in total. The molecule has 2 rings (SSSR count). The molecule has 1 saturated heterocycles. The number of amides is 1. The molecule has 0 radical (unpaired) electrons. The number of nitrogens with two attached hydrogens (primary N) is 1. The molecule has 0 aromatic heterocycles. The van der Waals surface area contributed by atoms with Gasteiger partial charge in [-0.2, -0.15) is 0 Å². The van der Waals surface area contributed by atoms with E-state index in [1.165, 1.54) is 11.1 Å². The number of hydrogen-bond donors (Lipinski definition) is 3. The largest absolute Gasteiger partial charge is 0.369 e. The molecule has 1 aliphatic heterocycles. The molecule has 1 amide bonds. The second-order valence-electron chi connectivity index (χ2n) is 6.40. The van der Waals surface area contributed by atoms with Crippen molar-refractivity contribution in [3.05, 3.63) is 35.4 Å². The maximum atomic E-state index is 11.0. The Kier molecular flexibility index (Phi) is 7.06. The minimum atomic E-state index is -0.255. The number of guanidine groups is 1. The van der Waals surface area contributed by atoms with Gasteiger partial charge in [-0.15, -0.1) is 0 Å². The summed E-state index contributed by atoms with van der Waals surface area (Å²) in [6, 6.07) is 9.01. The third-order valence-corrected chi connectivity index (χ3v) is 4.36. The van der Waals surface area contributed by atoms with Gasteiger partial charge in [0, 0.05) is 32.7 Å². The summed E-state index contributed by atoms with van der Waals surface area (Å²) in [4.78, 5) is 17.4. The van der Waals surface area contributed by atoms with Gasteiger partial charge in [0.1, 0.15) is 0 Å². The Balaban J connectivity index is 1.69. The van der Waals surface area contributed by atoms with Gasteiger partial charge < -0.3 is 16.4 Å². The highest BCUT2D eigenvalue weighted by Gasteiger charge is 2.20. The van der Waals surface area contributed by atoms with Crippen molar-refractivity contribution in [1.29, 1.82) is 0 Å². The summed E-state index contributed by atoms with van der Waals surface area (Å²) in [5.74, 6) is 0.588. The van der Waals surface area contributed by atoms with Gasteiger partial charge in [0.25, 0.3) is 0 Å². The Morgan fingerprint density at radius 1 is 1.29 bits per heavy atom. The average molecular weight is 331 g/mol. The van der Waals surface area contributed by atoms with Crippen LogP contribution in [0.15, 0.2) is 29.3 Å². The third-order valence-electron chi connectivity index (χ3n) is 4.36. The standard InChI is InChI=1S/C18H29N5O/c1-14-3-5-15(6-4-14)7-10-21-18(20-2)22-16-8-11-23(12-9-16)13-17(19)24/h3-6,16H,7-13H2,1-2H3,(H2,19,24)(H2,20,21,22). The van der Waals surface area contributed by atoms with Crippen molar-refractivity contribution in [3.8, 4) is 0 Å². The molecule has 1 heterocycles. The quantitative estimate of drug-likeness (QED) is 0.528. The molecule has 6 heteroatoms. The molecule has 1 aromatic rings. The number of aryl methyl sites for hydroxylation is 1. The summed E-state index contributed by atoms with van der Waals surface area (Å²) < 4.78 is 0. The predicted molar refractivity (Wildman–Crippen MR) is 98.0 cm³/mol. The van der Waals surface area contributed by atoms with Crippen molar-refractivity contribution in [2.75, 3.05) is 33.2 Å². The molecular weight excluding hydrogens is 302 g/mol. The van der Waals surface area contributed by atoms with Crippen LogP contribution in [-0.2, 0) is 11.2 Å². The molecule has 1 aliphatic rings. The monoisotopic (exact) mass is 331 g/mol.